The Morgan fingerprint density at radius 1 is 1.27 bits per heavy atom. The van der Waals surface area contributed by atoms with E-state index < -0.39 is 0 Å². The van der Waals surface area contributed by atoms with Gasteiger partial charge in [0.05, 0.1) is 6.20 Å². The first kappa shape index (κ1) is 5.90. The summed E-state index contributed by atoms with van der Waals surface area (Å²) in [5, 5.41) is 14.1. The van der Waals surface area contributed by atoms with Crippen molar-refractivity contribution in [2.24, 2.45) is 0 Å². The predicted octanol–water partition coefficient (Wildman–Crippen LogP) is -0.278. The summed E-state index contributed by atoms with van der Waals surface area (Å²) in [5.41, 5.74) is 0. The lowest BCUT2D eigenvalue weighted by Gasteiger charge is -1.86. The van der Waals surface area contributed by atoms with Crippen LogP contribution in [0.5, 0.6) is 0 Å². The van der Waals surface area contributed by atoms with Crippen molar-refractivity contribution in [2.75, 3.05) is 0 Å². The van der Waals surface area contributed by atoms with Gasteiger partial charge in [0.1, 0.15) is 0 Å². The molecule has 0 aliphatic heterocycles. The lowest BCUT2D eigenvalue weighted by molar-refractivity contribution is 0.552. The molecule has 2 heterocycles. The van der Waals surface area contributed by atoms with Gasteiger partial charge in [0.15, 0.2) is 0 Å². The molecule has 0 unspecified atom stereocenters. The summed E-state index contributed by atoms with van der Waals surface area (Å²) in [4.78, 5) is 3.83. The molecule has 0 aromatic carbocycles. The fourth-order valence-corrected chi connectivity index (χ4v) is 0.586. The van der Waals surface area contributed by atoms with Crippen molar-refractivity contribution in [1.29, 1.82) is 0 Å². The maximum atomic E-state index is 4.71. The summed E-state index contributed by atoms with van der Waals surface area (Å²) < 4.78 is 4.71. The first-order chi connectivity index (χ1) is 5.47. The van der Waals surface area contributed by atoms with Crippen LogP contribution >= 0.6 is 0 Å². The topological polar surface area (TPSA) is 77.6 Å². The van der Waals surface area contributed by atoms with E-state index in [4.69, 9.17) is 4.42 Å². The van der Waals surface area contributed by atoms with E-state index in [1.807, 2.05) is 0 Å². The summed E-state index contributed by atoms with van der Waals surface area (Å²) >= 11 is 0. The van der Waals surface area contributed by atoms with Crippen LogP contribution in [0, 0.1) is 6.39 Å². The number of aromatic nitrogens is 5. The van der Waals surface area contributed by atoms with Crippen molar-refractivity contribution in [3.8, 4) is 11.7 Å². The third-order valence-electron chi connectivity index (χ3n) is 0.998. The number of nitrogens with zero attached hydrogens (tertiary/aromatic N) is 5. The van der Waals surface area contributed by atoms with E-state index in [0.717, 1.165) is 0 Å². The molecule has 0 saturated heterocycles. The largest absolute Gasteiger partial charge is 0.409 e. The molecule has 0 atom stereocenters. The van der Waals surface area contributed by atoms with Crippen molar-refractivity contribution < 1.29 is 4.42 Å². The Hall–Kier alpha value is -1.85. The van der Waals surface area contributed by atoms with E-state index in [9.17, 15) is 0 Å². The monoisotopic (exact) mass is 148 g/mol. The van der Waals surface area contributed by atoms with E-state index in [1.165, 1.54) is 12.4 Å². The zero-order valence-electron chi connectivity index (χ0n) is 5.30. The maximum Gasteiger partial charge on any atom is 0.306 e. The number of rotatable bonds is 1. The molecule has 0 bridgehead atoms. The van der Waals surface area contributed by atoms with Crippen LogP contribution in [0.25, 0.3) is 11.7 Å². The van der Waals surface area contributed by atoms with E-state index in [-0.39, 0.29) is 5.89 Å². The standard InChI is InChI=1S/C5H2N5O/c1-2-7-9-4(6-1)5-10-8-3-11-5/h1-2H. The quantitative estimate of drug-likeness (QED) is 0.553. The zero-order chi connectivity index (χ0) is 7.52. The highest BCUT2D eigenvalue weighted by molar-refractivity contribution is 5.35. The summed E-state index contributed by atoms with van der Waals surface area (Å²) in [6.07, 6.45) is 5.14. The van der Waals surface area contributed by atoms with Crippen molar-refractivity contribution in [3.05, 3.63) is 18.8 Å². The van der Waals surface area contributed by atoms with E-state index in [2.05, 4.69) is 31.8 Å². The molecule has 2 aromatic rings. The lowest BCUT2D eigenvalue weighted by atomic mass is 10.6. The first-order valence-electron chi connectivity index (χ1n) is 2.80. The van der Waals surface area contributed by atoms with Gasteiger partial charge in [-0.15, -0.1) is 15.3 Å². The molecule has 11 heavy (non-hydrogen) atoms. The molecule has 6 nitrogen and oxygen atoms in total. The SMILES string of the molecule is [c]1nnc(-c2nccnn2)o1. The Morgan fingerprint density at radius 3 is 2.91 bits per heavy atom. The molecule has 0 saturated carbocycles. The predicted molar refractivity (Wildman–Crippen MR) is 32.0 cm³/mol. The molecule has 6 heteroatoms. The summed E-state index contributed by atoms with van der Waals surface area (Å²) in [6.45, 7) is 0. The van der Waals surface area contributed by atoms with Gasteiger partial charge in [-0.25, -0.2) is 4.98 Å². The van der Waals surface area contributed by atoms with Crippen molar-refractivity contribution in [2.45, 2.75) is 0 Å². The van der Waals surface area contributed by atoms with E-state index >= 15 is 0 Å². The Kier molecular flexibility index (Phi) is 1.29. The van der Waals surface area contributed by atoms with Gasteiger partial charge in [0, 0.05) is 6.20 Å². The molecule has 0 aliphatic rings. The van der Waals surface area contributed by atoms with Crippen LogP contribution in [0.3, 0.4) is 0 Å². The van der Waals surface area contributed by atoms with Gasteiger partial charge in [-0.1, -0.05) is 0 Å². The Morgan fingerprint density at radius 2 is 2.27 bits per heavy atom. The van der Waals surface area contributed by atoms with Crippen LogP contribution in [0.2, 0.25) is 0 Å². The Bertz CT molecular complexity index is 318. The van der Waals surface area contributed by atoms with Crippen molar-refractivity contribution in [1.82, 2.24) is 25.4 Å². The molecule has 0 spiro atoms. The van der Waals surface area contributed by atoms with Gasteiger partial charge in [-0.2, -0.15) is 5.10 Å². The van der Waals surface area contributed by atoms with Gasteiger partial charge in [0.25, 0.3) is 5.89 Å². The highest BCUT2D eigenvalue weighted by atomic mass is 16.4. The second kappa shape index (κ2) is 2.41. The molecule has 0 fully saturated rings. The minimum atomic E-state index is 0.220. The smallest absolute Gasteiger partial charge is 0.306 e. The first-order valence-corrected chi connectivity index (χ1v) is 2.80. The molecule has 0 aliphatic carbocycles. The van der Waals surface area contributed by atoms with Crippen LogP contribution in [0.1, 0.15) is 0 Å². The molecule has 0 amide bonds. The van der Waals surface area contributed by atoms with Gasteiger partial charge in [-0.05, 0) is 0 Å². The van der Waals surface area contributed by atoms with Crippen molar-refractivity contribution in [3.63, 3.8) is 0 Å². The lowest BCUT2D eigenvalue weighted by Crippen LogP contribution is -1.89. The van der Waals surface area contributed by atoms with Crippen LogP contribution in [-0.4, -0.2) is 25.4 Å². The maximum absolute atomic E-state index is 4.71. The van der Waals surface area contributed by atoms with Crippen molar-refractivity contribution >= 4 is 0 Å². The molecule has 0 N–H and O–H groups in total. The Balaban J connectivity index is 2.46. The highest BCUT2D eigenvalue weighted by Gasteiger charge is 2.05. The second-order valence-electron chi connectivity index (χ2n) is 1.66. The molecule has 1 radical (unpaired) electrons. The highest BCUT2D eigenvalue weighted by Crippen LogP contribution is 2.05. The van der Waals surface area contributed by atoms with Crippen LogP contribution < -0.4 is 0 Å². The second-order valence-corrected chi connectivity index (χ2v) is 1.66. The molecule has 2 rings (SSSR count). The number of hydrogen-bond acceptors (Lipinski definition) is 6. The Labute approximate surface area is 61.3 Å². The summed E-state index contributed by atoms with van der Waals surface area (Å²) in [5.74, 6) is 0.527. The van der Waals surface area contributed by atoms with Crippen LogP contribution in [0.4, 0.5) is 0 Å². The molecular formula is C5H2N5O. The van der Waals surface area contributed by atoms with Gasteiger partial charge in [0.2, 0.25) is 5.82 Å². The van der Waals surface area contributed by atoms with Gasteiger partial charge >= 0.3 is 6.39 Å². The average Bonchev–Trinajstić information content (AvgIpc) is 2.58. The fraction of sp³-hybridized carbons (Fsp3) is 0. The normalized spacial score (nSPS) is 9.82. The minimum Gasteiger partial charge on any atom is -0.409 e. The van der Waals surface area contributed by atoms with Crippen LogP contribution in [-0.2, 0) is 0 Å². The van der Waals surface area contributed by atoms with E-state index in [1.54, 1.807) is 0 Å². The fourth-order valence-electron chi connectivity index (χ4n) is 0.586. The summed E-state index contributed by atoms with van der Waals surface area (Å²) in [7, 11) is 0. The number of hydrogen-bond donors (Lipinski definition) is 0. The minimum absolute atomic E-state index is 0.220. The van der Waals surface area contributed by atoms with Gasteiger partial charge < -0.3 is 4.42 Å². The molecular weight excluding hydrogens is 146 g/mol. The zero-order valence-corrected chi connectivity index (χ0v) is 5.30. The third kappa shape index (κ3) is 1.05. The molecule has 53 valence electrons. The molecule has 2 aromatic heterocycles. The summed E-state index contributed by atoms with van der Waals surface area (Å²) in [6, 6.07) is 0. The van der Waals surface area contributed by atoms with Crippen LogP contribution in [0.15, 0.2) is 16.8 Å². The third-order valence-corrected chi connectivity index (χ3v) is 0.998. The van der Waals surface area contributed by atoms with Gasteiger partial charge in [-0.3, -0.25) is 0 Å². The average molecular weight is 148 g/mol. The van der Waals surface area contributed by atoms with E-state index in [0.29, 0.717) is 5.82 Å².